The molecule has 0 aliphatic carbocycles. The van der Waals surface area contributed by atoms with Gasteiger partial charge in [-0.1, -0.05) is 30.3 Å². The van der Waals surface area contributed by atoms with Gasteiger partial charge in [-0.05, 0) is 32.8 Å². The van der Waals surface area contributed by atoms with Gasteiger partial charge < -0.3 is 15.8 Å². The zero-order chi connectivity index (χ0) is 15.9. The molecule has 0 radical (unpaired) electrons. The summed E-state index contributed by atoms with van der Waals surface area (Å²) in [5.74, 6) is -0.395. The minimum Gasteiger partial charge on any atom is -0.446 e. The lowest BCUT2D eigenvalue weighted by Gasteiger charge is -2.23. The minimum absolute atomic E-state index is 0.195. The highest BCUT2D eigenvalue weighted by Crippen LogP contribution is 2.12. The second-order valence-electron chi connectivity index (χ2n) is 6.10. The summed E-state index contributed by atoms with van der Waals surface area (Å²) < 4.78 is 5.42. The second kappa shape index (κ2) is 7.67. The number of amides is 2. The standard InChI is InChI=1S/C16H24N2O3/c1-16(2,3)18-15(20)21-13(9-10-14(17)19)11-12-7-5-4-6-8-12/h4-8,13H,9-11H2,1-3H3,(H2,17,19)(H,18,20)/t13-/m0/s1. The number of nitrogens with two attached hydrogens (primary N) is 1. The topological polar surface area (TPSA) is 81.4 Å². The fraction of sp³-hybridized carbons (Fsp3) is 0.500. The Morgan fingerprint density at radius 3 is 2.38 bits per heavy atom. The zero-order valence-corrected chi connectivity index (χ0v) is 12.9. The van der Waals surface area contributed by atoms with E-state index in [0.717, 1.165) is 5.56 Å². The van der Waals surface area contributed by atoms with Crippen molar-refractivity contribution >= 4 is 12.0 Å². The Morgan fingerprint density at radius 2 is 1.86 bits per heavy atom. The summed E-state index contributed by atoms with van der Waals surface area (Å²) in [7, 11) is 0. The average molecular weight is 292 g/mol. The van der Waals surface area contributed by atoms with Crippen molar-refractivity contribution in [1.82, 2.24) is 5.32 Å². The molecule has 3 N–H and O–H groups in total. The summed E-state index contributed by atoms with van der Waals surface area (Å²) in [6.45, 7) is 5.64. The first-order valence-corrected chi connectivity index (χ1v) is 7.07. The Hall–Kier alpha value is -2.04. The maximum absolute atomic E-state index is 11.9. The Morgan fingerprint density at radius 1 is 1.24 bits per heavy atom. The molecule has 0 saturated carbocycles. The largest absolute Gasteiger partial charge is 0.446 e. The van der Waals surface area contributed by atoms with E-state index in [1.807, 2.05) is 51.1 Å². The number of nitrogens with one attached hydrogen (secondary N) is 1. The van der Waals surface area contributed by atoms with Crippen LogP contribution in [0.4, 0.5) is 4.79 Å². The molecule has 0 unspecified atom stereocenters. The average Bonchev–Trinajstić information content (AvgIpc) is 2.34. The van der Waals surface area contributed by atoms with E-state index < -0.39 is 12.0 Å². The Balaban J connectivity index is 2.63. The van der Waals surface area contributed by atoms with Gasteiger partial charge >= 0.3 is 6.09 Å². The summed E-state index contributed by atoms with van der Waals surface area (Å²) in [5, 5.41) is 2.75. The third-order valence-electron chi connectivity index (χ3n) is 2.77. The van der Waals surface area contributed by atoms with E-state index in [4.69, 9.17) is 10.5 Å². The molecule has 21 heavy (non-hydrogen) atoms. The van der Waals surface area contributed by atoms with Crippen LogP contribution in [-0.4, -0.2) is 23.6 Å². The highest BCUT2D eigenvalue weighted by atomic mass is 16.6. The summed E-state index contributed by atoms with van der Waals surface area (Å²) >= 11 is 0. The van der Waals surface area contributed by atoms with Crippen molar-refractivity contribution in [3.05, 3.63) is 35.9 Å². The van der Waals surface area contributed by atoms with Crippen molar-refractivity contribution < 1.29 is 14.3 Å². The Labute approximate surface area is 125 Å². The van der Waals surface area contributed by atoms with Crippen LogP contribution in [0.2, 0.25) is 0 Å². The van der Waals surface area contributed by atoms with E-state index in [1.54, 1.807) is 0 Å². The van der Waals surface area contributed by atoms with Gasteiger partial charge in [0.15, 0.2) is 0 Å². The SMILES string of the molecule is CC(C)(C)NC(=O)O[C@@H](CCC(N)=O)Cc1ccccc1. The lowest BCUT2D eigenvalue weighted by atomic mass is 10.0. The smallest absolute Gasteiger partial charge is 0.407 e. The number of hydrogen-bond acceptors (Lipinski definition) is 3. The molecule has 0 aliphatic rings. The van der Waals surface area contributed by atoms with Crippen molar-refractivity contribution in [3.8, 4) is 0 Å². The molecule has 5 nitrogen and oxygen atoms in total. The second-order valence-corrected chi connectivity index (χ2v) is 6.10. The van der Waals surface area contributed by atoms with Crippen molar-refractivity contribution in [2.24, 2.45) is 5.73 Å². The first-order chi connectivity index (χ1) is 9.76. The van der Waals surface area contributed by atoms with E-state index in [9.17, 15) is 9.59 Å². The van der Waals surface area contributed by atoms with Crippen LogP contribution in [0.1, 0.15) is 39.2 Å². The van der Waals surface area contributed by atoms with Gasteiger partial charge in [-0.15, -0.1) is 0 Å². The molecule has 1 aromatic carbocycles. The molecule has 1 aromatic rings. The lowest BCUT2D eigenvalue weighted by molar-refractivity contribution is -0.118. The molecular weight excluding hydrogens is 268 g/mol. The number of benzene rings is 1. The quantitative estimate of drug-likeness (QED) is 0.844. The van der Waals surface area contributed by atoms with Crippen LogP contribution in [0, 0.1) is 0 Å². The van der Waals surface area contributed by atoms with E-state index in [1.165, 1.54) is 0 Å². The molecular formula is C16H24N2O3. The van der Waals surface area contributed by atoms with Crippen LogP contribution in [0.5, 0.6) is 0 Å². The van der Waals surface area contributed by atoms with Crippen LogP contribution >= 0.6 is 0 Å². The molecule has 1 atom stereocenters. The highest BCUT2D eigenvalue weighted by molar-refractivity contribution is 5.73. The summed E-state index contributed by atoms with van der Waals surface area (Å²) in [6.07, 6.45) is 0.323. The van der Waals surface area contributed by atoms with Crippen molar-refractivity contribution in [2.75, 3.05) is 0 Å². The molecule has 2 amide bonds. The first kappa shape index (κ1) is 17.0. The van der Waals surface area contributed by atoms with Crippen LogP contribution in [0.25, 0.3) is 0 Å². The molecule has 5 heteroatoms. The van der Waals surface area contributed by atoms with Gasteiger partial charge in [-0.2, -0.15) is 0 Å². The van der Waals surface area contributed by atoms with Crippen LogP contribution in [0.3, 0.4) is 0 Å². The number of ether oxygens (including phenoxy) is 1. The fourth-order valence-electron chi connectivity index (χ4n) is 1.87. The molecule has 1 rings (SSSR count). The van der Waals surface area contributed by atoms with Crippen LogP contribution < -0.4 is 11.1 Å². The Bertz CT molecular complexity index is 466. The molecule has 0 saturated heterocycles. The molecule has 0 aliphatic heterocycles. The van der Waals surface area contributed by atoms with E-state index in [2.05, 4.69) is 5.32 Å². The van der Waals surface area contributed by atoms with Gasteiger partial charge in [-0.25, -0.2) is 4.79 Å². The summed E-state index contributed by atoms with van der Waals surface area (Å²) in [6, 6.07) is 9.70. The zero-order valence-electron chi connectivity index (χ0n) is 12.9. The van der Waals surface area contributed by atoms with Crippen molar-refractivity contribution in [3.63, 3.8) is 0 Å². The van der Waals surface area contributed by atoms with Crippen molar-refractivity contribution in [2.45, 2.75) is 51.7 Å². The van der Waals surface area contributed by atoms with Crippen LogP contribution in [0.15, 0.2) is 30.3 Å². The van der Waals surface area contributed by atoms with Gasteiger partial charge in [0, 0.05) is 18.4 Å². The fourth-order valence-corrected chi connectivity index (χ4v) is 1.87. The van der Waals surface area contributed by atoms with Gasteiger partial charge in [-0.3, -0.25) is 4.79 Å². The normalized spacial score (nSPS) is 12.5. The lowest BCUT2D eigenvalue weighted by Crippen LogP contribution is -2.42. The summed E-state index contributed by atoms with van der Waals surface area (Å²) in [4.78, 5) is 22.8. The number of primary amides is 1. The van der Waals surface area contributed by atoms with Crippen molar-refractivity contribution in [1.29, 1.82) is 0 Å². The number of carbonyl (C=O) groups is 2. The number of rotatable bonds is 6. The predicted octanol–water partition coefficient (Wildman–Crippen LogP) is 2.39. The third-order valence-corrected chi connectivity index (χ3v) is 2.77. The first-order valence-electron chi connectivity index (χ1n) is 7.07. The van der Waals surface area contributed by atoms with Crippen LogP contribution in [-0.2, 0) is 16.0 Å². The predicted molar refractivity (Wildman–Crippen MR) is 81.7 cm³/mol. The van der Waals surface area contributed by atoms with Gasteiger partial charge in [0.25, 0.3) is 0 Å². The number of alkyl carbamates (subject to hydrolysis) is 1. The maximum Gasteiger partial charge on any atom is 0.407 e. The van der Waals surface area contributed by atoms with E-state index >= 15 is 0 Å². The monoisotopic (exact) mass is 292 g/mol. The van der Waals surface area contributed by atoms with Gasteiger partial charge in [0.2, 0.25) is 5.91 Å². The molecule has 116 valence electrons. The van der Waals surface area contributed by atoms with Gasteiger partial charge in [0.05, 0.1) is 0 Å². The molecule has 0 fully saturated rings. The minimum atomic E-state index is -0.479. The van der Waals surface area contributed by atoms with E-state index in [0.29, 0.717) is 12.8 Å². The molecule has 0 spiro atoms. The van der Waals surface area contributed by atoms with Gasteiger partial charge in [0.1, 0.15) is 6.10 Å². The molecule has 0 heterocycles. The third kappa shape index (κ3) is 7.97. The Kier molecular flexibility index (Phi) is 6.21. The molecule has 0 bridgehead atoms. The molecule has 0 aromatic heterocycles. The van der Waals surface area contributed by atoms with E-state index in [-0.39, 0.29) is 18.1 Å². The highest BCUT2D eigenvalue weighted by Gasteiger charge is 2.20. The number of hydrogen-bond donors (Lipinski definition) is 2. The summed E-state index contributed by atoms with van der Waals surface area (Å²) in [5.41, 5.74) is 5.86. The maximum atomic E-state index is 11.9. The number of carbonyl (C=O) groups excluding carboxylic acids is 2.